The highest BCUT2D eigenvalue weighted by atomic mass is 35.5. The third-order valence-corrected chi connectivity index (χ3v) is 4.27. The molecule has 0 saturated heterocycles. The fourth-order valence-corrected chi connectivity index (χ4v) is 2.76. The zero-order chi connectivity index (χ0) is 15.1. The maximum Gasteiger partial charge on any atom is 0.307 e. The van der Waals surface area contributed by atoms with Crippen LogP contribution in [0.2, 0.25) is 10.0 Å². The first-order valence-electron chi connectivity index (χ1n) is 5.82. The standard InChI is InChI=1S/C13H15Cl2NO3S/c1-16(6-5-13(18)19-2)12(17)8-20-11-7-9(14)3-4-10(11)15/h3-4,7H,5-6,8H2,1-2H3. The minimum Gasteiger partial charge on any atom is -0.469 e. The maximum atomic E-state index is 11.9. The van der Waals surface area contributed by atoms with Crippen molar-refractivity contribution in [3.05, 3.63) is 28.2 Å². The Kier molecular flexibility index (Phi) is 7.19. The van der Waals surface area contributed by atoms with Crippen molar-refractivity contribution >= 4 is 46.8 Å². The van der Waals surface area contributed by atoms with E-state index in [1.54, 1.807) is 25.2 Å². The van der Waals surface area contributed by atoms with Gasteiger partial charge in [-0.3, -0.25) is 9.59 Å². The average molecular weight is 336 g/mol. The summed E-state index contributed by atoms with van der Waals surface area (Å²) in [6, 6.07) is 5.10. The first-order valence-corrected chi connectivity index (χ1v) is 7.57. The quantitative estimate of drug-likeness (QED) is 0.592. The molecule has 0 N–H and O–H groups in total. The molecule has 4 nitrogen and oxygen atoms in total. The Morgan fingerprint density at radius 2 is 2.05 bits per heavy atom. The van der Waals surface area contributed by atoms with Gasteiger partial charge in [-0.25, -0.2) is 0 Å². The number of benzene rings is 1. The lowest BCUT2D eigenvalue weighted by atomic mass is 10.4. The van der Waals surface area contributed by atoms with Gasteiger partial charge in [-0.2, -0.15) is 0 Å². The second-order valence-electron chi connectivity index (χ2n) is 4.00. The Bertz CT molecular complexity index is 497. The number of carbonyl (C=O) groups is 2. The number of carbonyl (C=O) groups excluding carboxylic acids is 2. The van der Waals surface area contributed by atoms with Crippen molar-refractivity contribution in [3.8, 4) is 0 Å². The van der Waals surface area contributed by atoms with Gasteiger partial charge >= 0.3 is 5.97 Å². The summed E-state index contributed by atoms with van der Waals surface area (Å²) >= 11 is 13.2. The largest absolute Gasteiger partial charge is 0.469 e. The molecule has 0 bridgehead atoms. The molecule has 0 aliphatic heterocycles. The third kappa shape index (κ3) is 5.61. The second kappa shape index (κ2) is 8.39. The topological polar surface area (TPSA) is 46.6 Å². The highest BCUT2D eigenvalue weighted by Gasteiger charge is 2.12. The SMILES string of the molecule is COC(=O)CCN(C)C(=O)CSc1cc(Cl)ccc1Cl. The highest BCUT2D eigenvalue weighted by molar-refractivity contribution is 8.00. The Balaban J connectivity index is 2.46. The zero-order valence-corrected chi connectivity index (χ0v) is 13.5. The van der Waals surface area contributed by atoms with Crippen LogP contribution in [0.4, 0.5) is 0 Å². The lowest BCUT2D eigenvalue weighted by Gasteiger charge is -2.16. The molecule has 0 aliphatic rings. The number of hydrogen-bond acceptors (Lipinski definition) is 4. The van der Waals surface area contributed by atoms with Gasteiger partial charge in [0.15, 0.2) is 0 Å². The summed E-state index contributed by atoms with van der Waals surface area (Å²) in [5.41, 5.74) is 0. The van der Waals surface area contributed by atoms with Crippen molar-refractivity contribution in [2.45, 2.75) is 11.3 Å². The molecule has 0 saturated carbocycles. The van der Waals surface area contributed by atoms with Crippen LogP contribution >= 0.6 is 35.0 Å². The van der Waals surface area contributed by atoms with Crippen LogP contribution in [0.1, 0.15) is 6.42 Å². The van der Waals surface area contributed by atoms with Gasteiger partial charge in [0, 0.05) is 23.5 Å². The number of methoxy groups -OCH3 is 1. The Morgan fingerprint density at radius 3 is 2.70 bits per heavy atom. The molecule has 0 radical (unpaired) electrons. The molecular formula is C13H15Cl2NO3S. The van der Waals surface area contributed by atoms with E-state index in [9.17, 15) is 9.59 Å². The summed E-state index contributed by atoms with van der Waals surface area (Å²) in [6.07, 6.45) is 0.182. The molecule has 1 rings (SSSR count). The van der Waals surface area contributed by atoms with E-state index in [-0.39, 0.29) is 24.1 Å². The summed E-state index contributed by atoms with van der Waals surface area (Å²) in [7, 11) is 2.96. The molecule has 1 aromatic rings. The molecule has 0 fully saturated rings. The van der Waals surface area contributed by atoms with Gasteiger partial charge in [-0.15, -0.1) is 11.8 Å². The van der Waals surface area contributed by atoms with Crippen LogP contribution in [-0.4, -0.2) is 43.2 Å². The van der Waals surface area contributed by atoms with Crippen molar-refractivity contribution in [1.29, 1.82) is 0 Å². The molecule has 110 valence electrons. The molecule has 1 amide bonds. The van der Waals surface area contributed by atoms with E-state index in [0.717, 1.165) is 4.90 Å². The van der Waals surface area contributed by atoms with E-state index in [4.69, 9.17) is 23.2 Å². The number of amides is 1. The lowest BCUT2D eigenvalue weighted by molar-refractivity contribution is -0.141. The molecule has 20 heavy (non-hydrogen) atoms. The first-order chi connectivity index (χ1) is 9.43. The number of hydrogen-bond donors (Lipinski definition) is 0. The highest BCUT2D eigenvalue weighted by Crippen LogP contribution is 2.29. The van der Waals surface area contributed by atoms with Crippen molar-refractivity contribution in [2.24, 2.45) is 0 Å². The predicted molar refractivity (Wildman–Crippen MR) is 81.5 cm³/mol. The van der Waals surface area contributed by atoms with Gasteiger partial charge in [0.1, 0.15) is 0 Å². The maximum absolute atomic E-state index is 11.9. The lowest BCUT2D eigenvalue weighted by Crippen LogP contribution is -2.30. The van der Waals surface area contributed by atoms with Crippen molar-refractivity contribution in [2.75, 3.05) is 26.5 Å². The van der Waals surface area contributed by atoms with E-state index in [1.807, 2.05) is 0 Å². The molecule has 0 aromatic heterocycles. The number of rotatable bonds is 6. The second-order valence-corrected chi connectivity index (χ2v) is 5.87. The van der Waals surface area contributed by atoms with Crippen molar-refractivity contribution in [1.82, 2.24) is 4.90 Å². The minimum atomic E-state index is -0.338. The normalized spacial score (nSPS) is 10.2. The number of halogens is 2. The van der Waals surface area contributed by atoms with Gasteiger partial charge in [0.25, 0.3) is 0 Å². The fourth-order valence-electron chi connectivity index (χ4n) is 1.32. The third-order valence-electron chi connectivity index (χ3n) is 2.55. The van der Waals surface area contributed by atoms with Gasteiger partial charge < -0.3 is 9.64 Å². The molecule has 0 unspecified atom stereocenters. The molecule has 7 heteroatoms. The number of thioether (sulfide) groups is 1. The van der Waals surface area contributed by atoms with E-state index in [1.165, 1.54) is 23.8 Å². The van der Waals surface area contributed by atoms with Gasteiger partial charge in [0.2, 0.25) is 5.91 Å². The first kappa shape index (κ1) is 17.1. The Labute approximate surface area is 132 Å². The number of esters is 1. The Morgan fingerprint density at radius 1 is 1.35 bits per heavy atom. The summed E-state index contributed by atoms with van der Waals surface area (Å²) in [4.78, 5) is 25.1. The van der Waals surface area contributed by atoms with E-state index in [0.29, 0.717) is 16.6 Å². The van der Waals surface area contributed by atoms with E-state index < -0.39 is 0 Å². The van der Waals surface area contributed by atoms with E-state index >= 15 is 0 Å². The summed E-state index contributed by atoms with van der Waals surface area (Å²) in [6.45, 7) is 0.329. The minimum absolute atomic E-state index is 0.0880. The molecule has 1 aromatic carbocycles. The summed E-state index contributed by atoms with van der Waals surface area (Å²) in [5.74, 6) is -0.192. The summed E-state index contributed by atoms with van der Waals surface area (Å²) in [5, 5.41) is 1.13. The molecule has 0 spiro atoms. The molecule has 0 heterocycles. The molecule has 0 aliphatic carbocycles. The van der Waals surface area contributed by atoms with Crippen LogP contribution in [0.5, 0.6) is 0 Å². The van der Waals surface area contributed by atoms with Crippen LogP contribution in [0.3, 0.4) is 0 Å². The van der Waals surface area contributed by atoms with Crippen LogP contribution in [0, 0.1) is 0 Å². The number of nitrogens with zero attached hydrogens (tertiary/aromatic N) is 1. The van der Waals surface area contributed by atoms with Crippen molar-refractivity contribution < 1.29 is 14.3 Å². The fraction of sp³-hybridized carbons (Fsp3) is 0.385. The van der Waals surface area contributed by atoms with Crippen molar-refractivity contribution in [3.63, 3.8) is 0 Å². The van der Waals surface area contributed by atoms with Crippen LogP contribution in [0.15, 0.2) is 23.1 Å². The zero-order valence-electron chi connectivity index (χ0n) is 11.2. The smallest absolute Gasteiger partial charge is 0.307 e. The van der Waals surface area contributed by atoms with Gasteiger partial charge in [-0.1, -0.05) is 23.2 Å². The summed E-state index contributed by atoms with van der Waals surface area (Å²) < 4.78 is 4.52. The van der Waals surface area contributed by atoms with Crippen LogP contribution < -0.4 is 0 Å². The molecular weight excluding hydrogens is 321 g/mol. The van der Waals surface area contributed by atoms with Gasteiger partial charge in [0.05, 0.1) is 24.3 Å². The van der Waals surface area contributed by atoms with Crippen LogP contribution in [0.25, 0.3) is 0 Å². The van der Waals surface area contributed by atoms with Crippen LogP contribution in [-0.2, 0) is 14.3 Å². The Hall–Kier alpha value is -0.910. The molecule has 0 atom stereocenters. The average Bonchev–Trinajstić information content (AvgIpc) is 2.44. The van der Waals surface area contributed by atoms with E-state index in [2.05, 4.69) is 4.74 Å². The predicted octanol–water partition coefficient (Wildman–Crippen LogP) is 3.11. The monoisotopic (exact) mass is 335 g/mol. The van der Waals surface area contributed by atoms with Gasteiger partial charge in [-0.05, 0) is 18.2 Å². The number of ether oxygens (including phenoxy) is 1.